The number of amides is 1. The summed E-state index contributed by atoms with van der Waals surface area (Å²) in [6, 6.07) is 4.35. The van der Waals surface area contributed by atoms with Gasteiger partial charge in [0.05, 0.1) is 17.7 Å². The molecule has 2 aromatic rings. The highest BCUT2D eigenvalue weighted by atomic mass is 35.5. The predicted molar refractivity (Wildman–Crippen MR) is 125 cm³/mol. The summed E-state index contributed by atoms with van der Waals surface area (Å²) in [7, 11) is 0. The van der Waals surface area contributed by atoms with Gasteiger partial charge in [0.2, 0.25) is 0 Å². The summed E-state index contributed by atoms with van der Waals surface area (Å²) in [4.78, 5) is 28.6. The van der Waals surface area contributed by atoms with E-state index in [1.165, 1.54) is 28.5 Å². The fourth-order valence-corrected chi connectivity index (χ4v) is 4.27. The van der Waals surface area contributed by atoms with Crippen LogP contribution < -0.4 is 0 Å². The fraction of sp³-hybridized carbons (Fsp3) is 0.455. The van der Waals surface area contributed by atoms with Crippen LogP contribution >= 0.6 is 11.6 Å². The number of hydrogen-bond acceptors (Lipinski definition) is 6. The topological polar surface area (TPSA) is 125 Å². The second-order valence-electron chi connectivity index (χ2n) is 8.86. The van der Waals surface area contributed by atoms with Crippen LogP contribution in [0.1, 0.15) is 24.5 Å². The molecule has 10 nitrogen and oxygen atoms in total. The van der Waals surface area contributed by atoms with E-state index in [0.29, 0.717) is 18.5 Å². The van der Waals surface area contributed by atoms with Crippen LogP contribution in [0.5, 0.6) is 0 Å². The van der Waals surface area contributed by atoms with Crippen LogP contribution in [0, 0.1) is 10.1 Å². The highest BCUT2D eigenvalue weighted by Gasteiger charge is 2.35. The number of halogens is 4. The Bertz CT molecular complexity index is 1120. The number of nitrogens with zero attached hydrogens (tertiary/aromatic N) is 5. The Kier molecular flexibility index (Phi) is 8.26. The first-order chi connectivity index (χ1) is 16.7. The van der Waals surface area contributed by atoms with Crippen LogP contribution in [-0.2, 0) is 12.7 Å². The summed E-state index contributed by atoms with van der Waals surface area (Å²) in [5.74, 6) is -0.447. The number of alkyl halides is 3. The van der Waals surface area contributed by atoms with E-state index in [1.54, 1.807) is 12.2 Å². The van der Waals surface area contributed by atoms with E-state index in [4.69, 9.17) is 11.6 Å². The largest absolute Gasteiger partial charge is 0.465 e. The number of rotatable bonds is 8. The normalized spacial score (nSPS) is 18.9. The van der Waals surface area contributed by atoms with Crippen molar-refractivity contribution in [1.29, 1.82) is 0 Å². The van der Waals surface area contributed by atoms with Gasteiger partial charge < -0.3 is 25.2 Å². The van der Waals surface area contributed by atoms with Crippen LogP contribution in [0.2, 0.25) is 5.28 Å². The maximum atomic E-state index is 12.8. The highest BCUT2D eigenvalue weighted by Crippen LogP contribution is 2.29. The third-order valence-electron chi connectivity index (χ3n) is 5.79. The lowest BCUT2D eigenvalue weighted by molar-refractivity contribution is -0.389. The molecule has 0 unspecified atom stereocenters. The van der Waals surface area contributed by atoms with Crippen LogP contribution in [0.3, 0.4) is 0 Å². The Hall–Kier alpha value is -3.16. The SMILES string of the molecule is C[C@](O)(CN1CCN(C(=O)O)C[C@@H]1CC=Cc1ccc(C(F)(F)F)cc1)Cn1cc([N+](=O)[O-])nc1Cl. The number of hydrogen-bond donors (Lipinski definition) is 2. The molecular weight excluding hydrogens is 507 g/mol. The van der Waals surface area contributed by atoms with E-state index >= 15 is 0 Å². The molecule has 1 aliphatic heterocycles. The summed E-state index contributed by atoms with van der Waals surface area (Å²) in [5, 5.41) is 31.2. The molecule has 1 aromatic heterocycles. The lowest BCUT2D eigenvalue weighted by atomic mass is 10.0. The van der Waals surface area contributed by atoms with Gasteiger partial charge in [0, 0.05) is 32.2 Å². The van der Waals surface area contributed by atoms with E-state index < -0.39 is 34.2 Å². The number of aromatic nitrogens is 2. The predicted octanol–water partition coefficient (Wildman–Crippen LogP) is 3.98. The first-order valence-electron chi connectivity index (χ1n) is 10.9. The minimum Gasteiger partial charge on any atom is -0.465 e. The quantitative estimate of drug-likeness (QED) is 0.390. The maximum Gasteiger partial charge on any atom is 0.416 e. The molecular formula is C22H25ClF3N5O5. The van der Waals surface area contributed by atoms with Gasteiger partial charge in [-0.1, -0.05) is 24.3 Å². The molecule has 0 bridgehead atoms. The molecule has 3 rings (SSSR count). The van der Waals surface area contributed by atoms with Crippen molar-refractivity contribution in [1.82, 2.24) is 19.4 Å². The van der Waals surface area contributed by atoms with Crippen molar-refractivity contribution in [3.05, 3.63) is 63.1 Å². The van der Waals surface area contributed by atoms with Crippen LogP contribution in [0.25, 0.3) is 6.08 Å². The van der Waals surface area contributed by atoms with Crippen molar-refractivity contribution in [2.24, 2.45) is 0 Å². The van der Waals surface area contributed by atoms with Gasteiger partial charge in [-0.2, -0.15) is 13.2 Å². The maximum absolute atomic E-state index is 12.8. The zero-order valence-electron chi connectivity index (χ0n) is 19.2. The number of β-amino-alcohol motifs (C(OH)–C–C–N with tert-alkyl or cyclic N) is 1. The van der Waals surface area contributed by atoms with Gasteiger partial charge in [0.1, 0.15) is 6.20 Å². The lowest BCUT2D eigenvalue weighted by Gasteiger charge is -2.43. The van der Waals surface area contributed by atoms with Crippen molar-refractivity contribution in [2.45, 2.75) is 37.7 Å². The summed E-state index contributed by atoms with van der Waals surface area (Å²) in [5.41, 5.74) is -1.58. The molecule has 0 aliphatic carbocycles. The Balaban J connectivity index is 1.70. The average molecular weight is 532 g/mol. The van der Waals surface area contributed by atoms with E-state index in [0.717, 1.165) is 18.3 Å². The minimum absolute atomic E-state index is 0.0834. The first-order valence-corrected chi connectivity index (χ1v) is 11.3. The molecule has 196 valence electrons. The Morgan fingerprint density at radius 2 is 1.94 bits per heavy atom. The average Bonchev–Trinajstić information content (AvgIpc) is 3.14. The third kappa shape index (κ3) is 7.18. The molecule has 2 heterocycles. The second-order valence-corrected chi connectivity index (χ2v) is 9.20. The Morgan fingerprint density at radius 1 is 1.28 bits per heavy atom. The van der Waals surface area contributed by atoms with Gasteiger partial charge in [-0.05, 0) is 52.5 Å². The number of imidazole rings is 1. The fourth-order valence-electron chi connectivity index (χ4n) is 4.08. The molecule has 14 heteroatoms. The van der Waals surface area contributed by atoms with Crippen LogP contribution in [-0.4, -0.2) is 78.4 Å². The summed E-state index contributed by atoms with van der Waals surface area (Å²) >= 11 is 5.96. The molecule has 2 N–H and O–H groups in total. The second kappa shape index (κ2) is 10.8. The van der Waals surface area contributed by atoms with Crippen molar-refractivity contribution in [3.8, 4) is 0 Å². The van der Waals surface area contributed by atoms with Gasteiger partial charge >= 0.3 is 23.4 Å². The van der Waals surface area contributed by atoms with Crippen LogP contribution in [0.15, 0.2) is 36.5 Å². The molecule has 36 heavy (non-hydrogen) atoms. The molecule has 1 aromatic carbocycles. The van der Waals surface area contributed by atoms with Gasteiger partial charge in [-0.3, -0.25) is 9.47 Å². The number of piperazine rings is 1. The first kappa shape index (κ1) is 27.4. The lowest BCUT2D eigenvalue weighted by Crippen LogP contribution is -2.58. The Labute approximate surface area is 209 Å². The number of benzene rings is 1. The van der Waals surface area contributed by atoms with E-state index in [2.05, 4.69) is 4.98 Å². The van der Waals surface area contributed by atoms with Gasteiger partial charge in [0.25, 0.3) is 0 Å². The smallest absolute Gasteiger partial charge is 0.416 e. The number of carboxylic acid groups (broad SMARTS) is 1. The van der Waals surface area contributed by atoms with Gasteiger partial charge in [0.15, 0.2) is 0 Å². The number of carbonyl (C=O) groups is 1. The molecule has 0 radical (unpaired) electrons. The van der Waals surface area contributed by atoms with Crippen molar-refractivity contribution < 1.29 is 33.1 Å². The van der Waals surface area contributed by atoms with E-state index in [1.807, 2.05) is 4.90 Å². The highest BCUT2D eigenvalue weighted by molar-refractivity contribution is 6.28. The summed E-state index contributed by atoms with van der Waals surface area (Å²) < 4.78 is 39.5. The van der Waals surface area contributed by atoms with Crippen molar-refractivity contribution in [3.63, 3.8) is 0 Å². The standard InChI is InChI=1S/C22H25ClF3N5O5/c1-21(34,14-30-12-18(31(35)36)27-19(30)23)13-29-10-9-28(20(32)33)11-17(29)4-2-3-15-5-7-16(8-6-15)22(24,25)26/h2-3,5-8,12,17,34H,4,9-11,13-14H2,1H3,(H,32,33)/t17-,21-/m0/s1. The van der Waals surface area contributed by atoms with Crippen molar-refractivity contribution in [2.75, 3.05) is 26.2 Å². The summed E-state index contributed by atoms with van der Waals surface area (Å²) in [6.07, 6.45) is -0.595. The number of aliphatic hydroxyl groups is 1. The summed E-state index contributed by atoms with van der Waals surface area (Å²) in [6.45, 7) is 2.29. The Morgan fingerprint density at radius 3 is 2.50 bits per heavy atom. The van der Waals surface area contributed by atoms with E-state index in [9.17, 15) is 38.3 Å². The van der Waals surface area contributed by atoms with Gasteiger partial charge in [-0.15, -0.1) is 0 Å². The molecule has 0 spiro atoms. The third-order valence-corrected chi connectivity index (χ3v) is 6.09. The molecule has 0 saturated carbocycles. The molecule has 1 aliphatic rings. The van der Waals surface area contributed by atoms with Crippen LogP contribution in [0.4, 0.5) is 23.8 Å². The van der Waals surface area contributed by atoms with Crippen molar-refractivity contribution >= 4 is 29.6 Å². The van der Waals surface area contributed by atoms with Gasteiger partial charge in [-0.25, -0.2) is 4.79 Å². The monoisotopic (exact) mass is 531 g/mol. The number of nitro groups is 1. The zero-order chi connectivity index (χ0) is 26.7. The molecule has 1 fully saturated rings. The zero-order valence-corrected chi connectivity index (χ0v) is 20.0. The molecule has 2 atom stereocenters. The molecule has 1 saturated heterocycles. The molecule has 1 amide bonds. The minimum atomic E-state index is -4.42. The van der Waals surface area contributed by atoms with E-state index in [-0.39, 0.29) is 37.5 Å².